The molecule has 0 heterocycles. The molecular weight excluding hydrogens is 174 g/mol. The van der Waals surface area contributed by atoms with Gasteiger partial charge in [0, 0.05) is 0 Å². The molecule has 0 aliphatic rings. The molecule has 70 valence electrons. The first-order chi connectivity index (χ1) is 6.22. The van der Waals surface area contributed by atoms with E-state index >= 15 is 0 Å². The molecule has 5 heteroatoms. The maximum Gasteiger partial charge on any atom is 0.511 e. The quantitative estimate of drug-likeness (QED) is 0.424. The minimum absolute atomic E-state index is 0.272. The Kier molecular flexibility index (Phi) is 3.10. The Hall–Kier alpha value is -1.75. The normalized spacial score (nSPS) is 9.31. The molecule has 13 heavy (non-hydrogen) atoms. The molecule has 0 saturated heterocycles. The first-order valence-corrected chi connectivity index (χ1v) is 3.52. The Morgan fingerprint density at radius 3 is 2.46 bits per heavy atom. The van der Waals surface area contributed by atoms with Crippen LogP contribution in [0, 0.1) is 0 Å². The minimum Gasteiger partial charge on any atom is -0.449 e. The van der Waals surface area contributed by atoms with Crippen LogP contribution in [0.4, 0.5) is 10.5 Å². The molecule has 1 rings (SSSR count). The highest BCUT2D eigenvalue weighted by molar-refractivity contribution is 5.61. The third kappa shape index (κ3) is 3.00. The number of carboxylic acid groups (broad SMARTS) is 1. The predicted molar refractivity (Wildman–Crippen MR) is 45.7 cm³/mol. The van der Waals surface area contributed by atoms with Gasteiger partial charge in [0.15, 0.2) is 0 Å². The maximum absolute atomic E-state index is 10.1. The number of hydrogen-bond donors (Lipinski definition) is 2. The van der Waals surface area contributed by atoms with Crippen molar-refractivity contribution >= 4 is 11.8 Å². The number of rotatable bonds is 3. The van der Waals surface area contributed by atoms with Crippen LogP contribution in [-0.4, -0.2) is 18.4 Å². The second-order valence-corrected chi connectivity index (χ2v) is 2.20. The van der Waals surface area contributed by atoms with Crippen molar-refractivity contribution in [3.63, 3.8) is 0 Å². The molecule has 0 spiro atoms. The van der Waals surface area contributed by atoms with Gasteiger partial charge in [-0.2, -0.15) is 0 Å². The Morgan fingerprint density at radius 2 is 2.00 bits per heavy atom. The minimum atomic E-state index is -1.33. The lowest BCUT2D eigenvalue weighted by Crippen LogP contribution is -2.03. The Bertz CT molecular complexity index is 283. The van der Waals surface area contributed by atoms with Crippen molar-refractivity contribution < 1.29 is 19.5 Å². The fraction of sp³-hybridized carbons (Fsp3) is 0.125. The predicted octanol–water partition coefficient (Wildman–Crippen LogP) is 1.72. The second kappa shape index (κ2) is 4.32. The molecule has 0 saturated carbocycles. The van der Waals surface area contributed by atoms with Gasteiger partial charge in [-0.3, -0.25) is 10.3 Å². The molecule has 2 N–H and O–H groups in total. The van der Waals surface area contributed by atoms with Gasteiger partial charge in [0.05, 0.1) is 12.8 Å². The van der Waals surface area contributed by atoms with Crippen LogP contribution in [0.2, 0.25) is 0 Å². The standard InChI is InChI=1S/C8H9NO4/c1-12-9-6-2-4-7(5-3-6)13-8(10)11/h2-5,9H,1H3,(H,10,11). The van der Waals surface area contributed by atoms with Crippen LogP contribution in [0.3, 0.4) is 0 Å². The summed E-state index contributed by atoms with van der Waals surface area (Å²) in [6.45, 7) is 0. The van der Waals surface area contributed by atoms with Gasteiger partial charge in [0.1, 0.15) is 5.75 Å². The van der Waals surface area contributed by atoms with Crippen molar-refractivity contribution in [2.45, 2.75) is 0 Å². The van der Waals surface area contributed by atoms with E-state index in [1.807, 2.05) is 0 Å². The van der Waals surface area contributed by atoms with Crippen molar-refractivity contribution in [3.05, 3.63) is 24.3 Å². The highest BCUT2D eigenvalue weighted by atomic mass is 16.7. The van der Waals surface area contributed by atoms with Crippen LogP contribution >= 0.6 is 0 Å². The molecule has 0 aromatic heterocycles. The zero-order valence-corrected chi connectivity index (χ0v) is 6.98. The van der Waals surface area contributed by atoms with Crippen LogP contribution in [0.1, 0.15) is 0 Å². The molecule has 0 amide bonds. The monoisotopic (exact) mass is 183 g/mol. The van der Waals surface area contributed by atoms with E-state index in [0.29, 0.717) is 0 Å². The van der Waals surface area contributed by atoms with Crippen molar-refractivity contribution in [3.8, 4) is 5.75 Å². The van der Waals surface area contributed by atoms with Gasteiger partial charge in [-0.25, -0.2) is 4.79 Å². The zero-order valence-electron chi connectivity index (χ0n) is 6.98. The SMILES string of the molecule is CONc1ccc(OC(=O)O)cc1. The molecule has 0 unspecified atom stereocenters. The number of hydrogen-bond acceptors (Lipinski definition) is 4. The largest absolute Gasteiger partial charge is 0.511 e. The van der Waals surface area contributed by atoms with Crippen molar-refractivity contribution in [1.82, 2.24) is 0 Å². The van der Waals surface area contributed by atoms with E-state index in [1.54, 1.807) is 12.1 Å². The number of ether oxygens (including phenoxy) is 1. The number of benzene rings is 1. The number of anilines is 1. The third-order valence-electron chi connectivity index (χ3n) is 1.28. The summed E-state index contributed by atoms with van der Waals surface area (Å²) in [5, 5.41) is 8.28. The van der Waals surface area contributed by atoms with Gasteiger partial charge in [0.2, 0.25) is 0 Å². The topological polar surface area (TPSA) is 67.8 Å². The van der Waals surface area contributed by atoms with Crippen molar-refractivity contribution in [2.24, 2.45) is 0 Å². The van der Waals surface area contributed by atoms with Crippen LogP contribution < -0.4 is 10.2 Å². The van der Waals surface area contributed by atoms with E-state index in [1.165, 1.54) is 19.2 Å². The Morgan fingerprint density at radius 1 is 1.38 bits per heavy atom. The van der Waals surface area contributed by atoms with E-state index in [-0.39, 0.29) is 5.75 Å². The van der Waals surface area contributed by atoms with Gasteiger partial charge in [0.25, 0.3) is 0 Å². The highest BCUT2D eigenvalue weighted by Gasteiger charge is 1.99. The van der Waals surface area contributed by atoms with E-state index in [0.717, 1.165) is 5.69 Å². The Labute approximate surface area is 74.8 Å². The summed E-state index contributed by atoms with van der Waals surface area (Å²) in [6.07, 6.45) is -1.33. The van der Waals surface area contributed by atoms with E-state index in [4.69, 9.17) is 5.11 Å². The molecule has 0 bridgehead atoms. The van der Waals surface area contributed by atoms with Crippen LogP contribution in [0.15, 0.2) is 24.3 Å². The van der Waals surface area contributed by atoms with Gasteiger partial charge < -0.3 is 9.84 Å². The highest BCUT2D eigenvalue weighted by Crippen LogP contribution is 2.15. The summed E-state index contributed by atoms with van der Waals surface area (Å²) in [5.41, 5.74) is 3.31. The van der Waals surface area contributed by atoms with E-state index in [2.05, 4.69) is 15.1 Å². The average molecular weight is 183 g/mol. The maximum atomic E-state index is 10.1. The van der Waals surface area contributed by atoms with Gasteiger partial charge in [-0.1, -0.05) is 0 Å². The molecule has 1 aromatic carbocycles. The molecule has 1 aromatic rings. The fourth-order valence-corrected chi connectivity index (χ4v) is 0.810. The molecule has 0 atom stereocenters. The molecule has 0 aliphatic heterocycles. The van der Waals surface area contributed by atoms with Gasteiger partial charge >= 0.3 is 6.16 Å². The number of carbonyl (C=O) groups is 1. The summed E-state index contributed by atoms with van der Waals surface area (Å²) in [7, 11) is 1.49. The van der Waals surface area contributed by atoms with Gasteiger partial charge in [-0.05, 0) is 24.3 Å². The third-order valence-corrected chi connectivity index (χ3v) is 1.28. The van der Waals surface area contributed by atoms with E-state index in [9.17, 15) is 4.79 Å². The summed E-state index contributed by atoms with van der Waals surface area (Å²) >= 11 is 0. The first kappa shape index (κ1) is 9.34. The van der Waals surface area contributed by atoms with E-state index < -0.39 is 6.16 Å². The lowest BCUT2D eigenvalue weighted by atomic mass is 10.3. The molecule has 0 fully saturated rings. The van der Waals surface area contributed by atoms with Gasteiger partial charge in [-0.15, -0.1) is 0 Å². The molecular formula is C8H9NO4. The summed E-state index contributed by atoms with van der Waals surface area (Å²) in [6, 6.07) is 6.33. The van der Waals surface area contributed by atoms with Crippen LogP contribution in [0.25, 0.3) is 0 Å². The second-order valence-electron chi connectivity index (χ2n) is 2.20. The molecule has 5 nitrogen and oxygen atoms in total. The first-order valence-electron chi connectivity index (χ1n) is 3.52. The number of nitrogens with one attached hydrogen (secondary N) is 1. The smallest absolute Gasteiger partial charge is 0.449 e. The summed E-state index contributed by atoms with van der Waals surface area (Å²) in [5.74, 6) is 0.272. The Balaban J connectivity index is 2.64. The summed E-state index contributed by atoms with van der Waals surface area (Å²) < 4.78 is 4.40. The average Bonchev–Trinajstić information content (AvgIpc) is 2.08. The van der Waals surface area contributed by atoms with Crippen molar-refractivity contribution in [2.75, 3.05) is 12.6 Å². The zero-order chi connectivity index (χ0) is 9.68. The fourth-order valence-electron chi connectivity index (χ4n) is 0.810. The molecule has 0 radical (unpaired) electrons. The van der Waals surface area contributed by atoms with Crippen molar-refractivity contribution in [1.29, 1.82) is 0 Å². The van der Waals surface area contributed by atoms with Crippen LogP contribution in [0.5, 0.6) is 5.75 Å². The van der Waals surface area contributed by atoms with Crippen LogP contribution in [-0.2, 0) is 4.84 Å². The molecule has 0 aliphatic carbocycles. The lowest BCUT2D eigenvalue weighted by molar-refractivity contribution is 0.144. The lowest BCUT2D eigenvalue weighted by Gasteiger charge is -2.03. The summed E-state index contributed by atoms with van der Waals surface area (Å²) in [4.78, 5) is 14.8.